The molecule has 0 bridgehead atoms. The molecule has 1 atom stereocenters. The summed E-state index contributed by atoms with van der Waals surface area (Å²) in [6.07, 6.45) is 3.86. The zero-order valence-corrected chi connectivity index (χ0v) is 11.9. The number of carbonyl (C=O) groups is 1. The van der Waals surface area contributed by atoms with E-state index >= 15 is 0 Å². The second-order valence-corrected chi connectivity index (χ2v) is 5.78. The largest absolute Gasteiger partial charge is 0.334 e. The molecule has 2 aliphatic heterocycles. The van der Waals surface area contributed by atoms with Gasteiger partial charge in [0.2, 0.25) is 0 Å². The first-order valence-electron chi connectivity index (χ1n) is 7.64. The number of piperazine rings is 1. The topological polar surface area (TPSA) is 35.6 Å². The van der Waals surface area contributed by atoms with Gasteiger partial charge in [0.1, 0.15) is 0 Å². The summed E-state index contributed by atoms with van der Waals surface area (Å²) >= 11 is 0. The van der Waals surface area contributed by atoms with Crippen molar-refractivity contribution < 1.29 is 4.79 Å². The number of nitrogens with one attached hydrogen (secondary N) is 1. The molecule has 1 N–H and O–H groups in total. The maximum absolute atomic E-state index is 12.2. The number of urea groups is 1. The van der Waals surface area contributed by atoms with Crippen LogP contribution in [0.5, 0.6) is 0 Å². The first-order chi connectivity index (χ1) is 9.83. The van der Waals surface area contributed by atoms with Crippen LogP contribution in [-0.4, -0.2) is 48.1 Å². The second kappa shape index (κ2) is 6.27. The Morgan fingerprint density at radius 3 is 2.85 bits per heavy atom. The number of piperidine rings is 1. The molecule has 0 radical (unpaired) electrons. The zero-order chi connectivity index (χ0) is 13.8. The molecule has 2 saturated heterocycles. The van der Waals surface area contributed by atoms with Crippen molar-refractivity contribution in [1.29, 1.82) is 0 Å². The first kappa shape index (κ1) is 13.4. The van der Waals surface area contributed by atoms with Crippen LogP contribution >= 0.6 is 0 Å². The fraction of sp³-hybridized carbons (Fsp3) is 0.562. The highest BCUT2D eigenvalue weighted by Crippen LogP contribution is 2.20. The van der Waals surface area contributed by atoms with Gasteiger partial charge in [0.05, 0.1) is 0 Å². The van der Waals surface area contributed by atoms with E-state index in [1.54, 1.807) is 0 Å². The Balaban J connectivity index is 1.50. The molecule has 1 aromatic rings. The number of fused-ring (bicyclic) bond motifs is 1. The van der Waals surface area contributed by atoms with Crippen LogP contribution < -0.4 is 5.32 Å². The van der Waals surface area contributed by atoms with Crippen molar-refractivity contribution >= 4 is 6.03 Å². The molecule has 0 spiro atoms. The van der Waals surface area contributed by atoms with Crippen molar-refractivity contribution in [2.24, 2.45) is 0 Å². The standard InChI is InChI=1S/C16H23N3O/c20-16(17-12-14-6-2-1-3-7-14)19-11-10-18-9-5-4-8-15(18)13-19/h1-3,6-7,15H,4-5,8-13H2,(H,17,20). The molecule has 20 heavy (non-hydrogen) atoms. The number of benzene rings is 1. The summed E-state index contributed by atoms with van der Waals surface area (Å²) < 4.78 is 0. The van der Waals surface area contributed by atoms with E-state index in [9.17, 15) is 4.79 Å². The molecule has 2 aliphatic rings. The van der Waals surface area contributed by atoms with Gasteiger partial charge in [0.25, 0.3) is 0 Å². The summed E-state index contributed by atoms with van der Waals surface area (Å²) in [6, 6.07) is 10.7. The Morgan fingerprint density at radius 2 is 2.00 bits per heavy atom. The third kappa shape index (κ3) is 3.12. The number of rotatable bonds is 2. The zero-order valence-electron chi connectivity index (χ0n) is 11.9. The van der Waals surface area contributed by atoms with Gasteiger partial charge in [-0.05, 0) is 24.9 Å². The molecule has 0 saturated carbocycles. The molecule has 4 heteroatoms. The molecule has 3 rings (SSSR count). The third-order valence-electron chi connectivity index (χ3n) is 4.41. The van der Waals surface area contributed by atoms with Crippen molar-refractivity contribution in [1.82, 2.24) is 15.1 Å². The van der Waals surface area contributed by atoms with E-state index in [4.69, 9.17) is 0 Å². The average molecular weight is 273 g/mol. The van der Waals surface area contributed by atoms with Crippen LogP contribution in [0, 0.1) is 0 Å². The summed E-state index contributed by atoms with van der Waals surface area (Å²) in [6.45, 7) is 4.61. The molecule has 4 nitrogen and oxygen atoms in total. The molecule has 108 valence electrons. The molecule has 2 amide bonds. The lowest BCUT2D eigenvalue weighted by Gasteiger charge is -2.43. The third-order valence-corrected chi connectivity index (χ3v) is 4.41. The van der Waals surface area contributed by atoms with E-state index in [-0.39, 0.29) is 6.03 Å². The quantitative estimate of drug-likeness (QED) is 0.895. The molecule has 1 unspecified atom stereocenters. The molecule has 2 heterocycles. The van der Waals surface area contributed by atoms with Crippen molar-refractivity contribution in [2.75, 3.05) is 26.2 Å². The van der Waals surface area contributed by atoms with E-state index in [0.29, 0.717) is 12.6 Å². The molecule has 0 aliphatic carbocycles. The van der Waals surface area contributed by atoms with Gasteiger partial charge in [-0.25, -0.2) is 4.79 Å². The highest BCUT2D eigenvalue weighted by Gasteiger charge is 2.30. The number of amides is 2. The van der Waals surface area contributed by atoms with Crippen LogP contribution in [0.2, 0.25) is 0 Å². The smallest absolute Gasteiger partial charge is 0.317 e. The predicted molar refractivity (Wildman–Crippen MR) is 79.5 cm³/mol. The minimum absolute atomic E-state index is 0.0825. The van der Waals surface area contributed by atoms with Gasteiger partial charge in [0.15, 0.2) is 0 Å². The number of carbonyl (C=O) groups excluding carboxylic acids is 1. The summed E-state index contributed by atoms with van der Waals surface area (Å²) in [5, 5.41) is 3.03. The van der Waals surface area contributed by atoms with Gasteiger partial charge in [-0.2, -0.15) is 0 Å². The maximum atomic E-state index is 12.2. The number of hydrogen-bond donors (Lipinski definition) is 1. The van der Waals surface area contributed by atoms with E-state index in [2.05, 4.69) is 10.2 Å². The fourth-order valence-corrected chi connectivity index (χ4v) is 3.23. The first-order valence-corrected chi connectivity index (χ1v) is 7.64. The Morgan fingerprint density at radius 1 is 1.15 bits per heavy atom. The molecular formula is C16H23N3O. The van der Waals surface area contributed by atoms with Gasteiger partial charge < -0.3 is 10.2 Å². The minimum Gasteiger partial charge on any atom is -0.334 e. The van der Waals surface area contributed by atoms with Crippen molar-refractivity contribution in [3.05, 3.63) is 35.9 Å². The van der Waals surface area contributed by atoms with Crippen LogP contribution in [-0.2, 0) is 6.54 Å². The van der Waals surface area contributed by atoms with Crippen LogP contribution in [0.15, 0.2) is 30.3 Å². The summed E-state index contributed by atoms with van der Waals surface area (Å²) in [5.74, 6) is 0. The van der Waals surface area contributed by atoms with Crippen LogP contribution in [0.25, 0.3) is 0 Å². The minimum atomic E-state index is 0.0825. The van der Waals surface area contributed by atoms with Crippen molar-refractivity contribution in [3.8, 4) is 0 Å². The van der Waals surface area contributed by atoms with Crippen molar-refractivity contribution in [3.63, 3.8) is 0 Å². The van der Waals surface area contributed by atoms with Gasteiger partial charge >= 0.3 is 6.03 Å². The summed E-state index contributed by atoms with van der Waals surface area (Å²) in [5.41, 5.74) is 1.15. The monoisotopic (exact) mass is 273 g/mol. The molecule has 2 fully saturated rings. The Kier molecular flexibility index (Phi) is 4.21. The number of hydrogen-bond acceptors (Lipinski definition) is 2. The molecule has 0 aromatic heterocycles. The highest BCUT2D eigenvalue weighted by atomic mass is 16.2. The van der Waals surface area contributed by atoms with Crippen LogP contribution in [0.1, 0.15) is 24.8 Å². The lowest BCUT2D eigenvalue weighted by molar-refractivity contribution is 0.0643. The lowest BCUT2D eigenvalue weighted by atomic mass is 10.00. The van der Waals surface area contributed by atoms with Crippen molar-refractivity contribution in [2.45, 2.75) is 31.8 Å². The summed E-state index contributed by atoms with van der Waals surface area (Å²) in [4.78, 5) is 16.8. The van der Waals surface area contributed by atoms with E-state index in [0.717, 1.165) is 25.2 Å². The normalized spacial score (nSPS) is 23.2. The van der Waals surface area contributed by atoms with Crippen LogP contribution in [0.4, 0.5) is 4.79 Å². The Labute approximate surface area is 120 Å². The molecule has 1 aromatic carbocycles. The van der Waals surface area contributed by atoms with Gasteiger partial charge in [-0.3, -0.25) is 4.90 Å². The average Bonchev–Trinajstić information content (AvgIpc) is 2.53. The Hall–Kier alpha value is -1.55. The Bertz CT molecular complexity index is 448. The molecular weight excluding hydrogens is 250 g/mol. The van der Waals surface area contributed by atoms with Gasteiger partial charge in [-0.1, -0.05) is 36.8 Å². The van der Waals surface area contributed by atoms with Gasteiger partial charge in [-0.15, -0.1) is 0 Å². The predicted octanol–water partition coefficient (Wildman–Crippen LogP) is 2.07. The maximum Gasteiger partial charge on any atom is 0.317 e. The van der Waals surface area contributed by atoms with Crippen LogP contribution in [0.3, 0.4) is 0 Å². The van der Waals surface area contributed by atoms with E-state index in [1.807, 2.05) is 35.2 Å². The SMILES string of the molecule is O=C(NCc1ccccc1)N1CCN2CCCCC2C1. The number of nitrogens with zero attached hydrogens (tertiary/aromatic N) is 2. The fourth-order valence-electron chi connectivity index (χ4n) is 3.23. The van der Waals surface area contributed by atoms with E-state index < -0.39 is 0 Å². The van der Waals surface area contributed by atoms with E-state index in [1.165, 1.54) is 25.8 Å². The summed E-state index contributed by atoms with van der Waals surface area (Å²) in [7, 11) is 0. The second-order valence-electron chi connectivity index (χ2n) is 5.78. The highest BCUT2D eigenvalue weighted by molar-refractivity contribution is 5.74. The van der Waals surface area contributed by atoms with Gasteiger partial charge in [0, 0.05) is 32.2 Å². The lowest BCUT2D eigenvalue weighted by Crippen LogP contribution is -2.57.